The number of fused-ring (bicyclic) bond motifs is 1. The number of benzene rings is 3. The van der Waals surface area contributed by atoms with Gasteiger partial charge in [-0.2, -0.15) is 0 Å². The van der Waals surface area contributed by atoms with Gasteiger partial charge in [0, 0.05) is 33.3 Å². The number of nitrogens with zero attached hydrogens (tertiary/aromatic N) is 4. The third-order valence-corrected chi connectivity index (χ3v) is 6.89. The highest BCUT2D eigenvalue weighted by molar-refractivity contribution is 6.31. The van der Waals surface area contributed by atoms with Crippen LogP contribution in [0.2, 0.25) is 10.0 Å². The van der Waals surface area contributed by atoms with Gasteiger partial charge < -0.3 is 14.7 Å². The van der Waals surface area contributed by atoms with Crippen molar-refractivity contribution in [3.05, 3.63) is 142 Å². The highest BCUT2D eigenvalue weighted by Crippen LogP contribution is 2.39. The Bertz CT molecular complexity index is 1800. The minimum atomic E-state index is 0.272. The van der Waals surface area contributed by atoms with Gasteiger partial charge in [-0.1, -0.05) is 64.8 Å². The lowest BCUT2D eigenvalue weighted by Crippen LogP contribution is -2.25. The van der Waals surface area contributed by atoms with Crippen molar-refractivity contribution in [2.24, 2.45) is 5.16 Å². The largest absolute Gasteiger partial charge is 0.489 e. The highest BCUT2D eigenvalue weighted by Gasteiger charge is 2.35. The third-order valence-electron chi connectivity index (χ3n) is 6.28. The summed E-state index contributed by atoms with van der Waals surface area (Å²) >= 11 is 12.6. The quantitative estimate of drug-likeness (QED) is 0.168. The van der Waals surface area contributed by atoms with Crippen LogP contribution in [-0.4, -0.2) is 25.9 Å². The summed E-state index contributed by atoms with van der Waals surface area (Å²) in [6.45, 7) is 0.327. The molecule has 0 spiro atoms. The van der Waals surface area contributed by atoms with Crippen LogP contribution in [0.15, 0.2) is 114 Å². The minimum Gasteiger partial charge on any atom is -0.489 e. The molecule has 3 heterocycles. The summed E-state index contributed by atoms with van der Waals surface area (Å²) in [4.78, 5) is 13.3. The van der Waals surface area contributed by atoms with Crippen LogP contribution in [0.25, 0.3) is 22.6 Å². The standard InChI is InChI=1S/C31H20Cl2N4O3/c32-21-10-13-26-24(15-21)29(36-18-35-26)28(31-30(37-38)27(40-31)16-22-6-3-4-14-34-22)19-8-11-23(12-9-19)39-17-20-5-1-2-7-25(20)33/h1-16,18,38H,17H2/b27-16-,31-28-,37-30+. The van der Waals surface area contributed by atoms with Gasteiger partial charge in [0.25, 0.3) is 0 Å². The van der Waals surface area contributed by atoms with E-state index in [-0.39, 0.29) is 5.71 Å². The molecule has 0 amide bonds. The van der Waals surface area contributed by atoms with Gasteiger partial charge in [0.1, 0.15) is 18.7 Å². The van der Waals surface area contributed by atoms with Crippen molar-refractivity contribution in [3.63, 3.8) is 0 Å². The smallest absolute Gasteiger partial charge is 0.188 e. The molecule has 1 saturated heterocycles. The molecule has 1 N–H and O–H groups in total. The maximum atomic E-state index is 9.98. The van der Waals surface area contributed by atoms with E-state index in [9.17, 15) is 5.21 Å². The fourth-order valence-electron chi connectivity index (χ4n) is 4.33. The zero-order valence-corrected chi connectivity index (χ0v) is 22.3. The second-order valence-corrected chi connectivity index (χ2v) is 9.65. The Hall–Kier alpha value is -4.72. The Morgan fingerprint density at radius 1 is 0.925 bits per heavy atom. The number of rotatable bonds is 6. The lowest BCUT2D eigenvalue weighted by molar-refractivity contribution is 0.276. The highest BCUT2D eigenvalue weighted by atomic mass is 35.5. The first-order valence-electron chi connectivity index (χ1n) is 12.3. The van der Waals surface area contributed by atoms with Crippen molar-refractivity contribution in [1.29, 1.82) is 0 Å². The number of hydrogen-bond donors (Lipinski definition) is 1. The molecule has 7 nitrogen and oxygen atoms in total. The zero-order chi connectivity index (χ0) is 27.5. The molecule has 9 heteroatoms. The van der Waals surface area contributed by atoms with E-state index in [1.54, 1.807) is 24.4 Å². The van der Waals surface area contributed by atoms with E-state index in [1.807, 2.05) is 72.8 Å². The van der Waals surface area contributed by atoms with E-state index < -0.39 is 0 Å². The number of oxime groups is 1. The molecule has 1 aliphatic rings. The molecule has 0 atom stereocenters. The van der Waals surface area contributed by atoms with E-state index in [1.165, 1.54) is 6.33 Å². The number of aromatic nitrogens is 3. The predicted molar refractivity (Wildman–Crippen MR) is 155 cm³/mol. The summed E-state index contributed by atoms with van der Waals surface area (Å²) in [5, 5.41) is 15.4. The van der Waals surface area contributed by atoms with E-state index in [2.05, 4.69) is 20.1 Å². The number of ether oxygens (including phenoxy) is 2. The average molecular weight is 567 g/mol. The first kappa shape index (κ1) is 25.6. The molecular weight excluding hydrogens is 547 g/mol. The van der Waals surface area contributed by atoms with Gasteiger partial charge >= 0.3 is 0 Å². The van der Waals surface area contributed by atoms with Crippen LogP contribution in [0.4, 0.5) is 0 Å². The molecule has 6 rings (SSSR count). The SMILES string of the molecule is O/N=C1C(=C\c2ccccn2)\OC\1=C(\c1ccc(OCc2ccccc2Cl)cc1)c1ncnc2ccc(Cl)cc12. The minimum absolute atomic E-state index is 0.272. The van der Waals surface area contributed by atoms with Crippen LogP contribution in [0.5, 0.6) is 5.75 Å². The Morgan fingerprint density at radius 3 is 2.52 bits per heavy atom. The van der Waals surface area contributed by atoms with Crippen LogP contribution in [0.3, 0.4) is 0 Å². The third kappa shape index (κ3) is 5.12. The second-order valence-electron chi connectivity index (χ2n) is 8.81. The molecular formula is C31H20Cl2N4O3. The van der Waals surface area contributed by atoms with Crippen LogP contribution in [-0.2, 0) is 11.3 Å². The number of pyridine rings is 1. The van der Waals surface area contributed by atoms with Gasteiger partial charge in [0.05, 0.1) is 22.5 Å². The summed E-state index contributed by atoms with van der Waals surface area (Å²) in [6.07, 6.45) is 4.86. The first-order valence-corrected chi connectivity index (χ1v) is 13.0. The van der Waals surface area contributed by atoms with Crippen molar-refractivity contribution < 1.29 is 14.7 Å². The molecule has 1 aliphatic heterocycles. The molecule has 0 radical (unpaired) electrons. The van der Waals surface area contributed by atoms with Crippen LogP contribution >= 0.6 is 23.2 Å². The Labute approximate surface area is 239 Å². The van der Waals surface area contributed by atoms with Crippen molar-refractivity contribution in [1.82, 2.24) is 15.0 Å². The predicted octanol–water partition coefficient (Wildman–Crippen LogP) is 7.57. The van der Waals surface area contributed by atoms with Crippen LogP contribution in [0, 0.1) is 0 Å². The molecule has 3 aromatic carbocycles. The van der Waals surface area contributed by atoms with Gasteiger partial charge in [-0.25, -0.2) is 9.97 Å². The molecule has 0 bridgehead atoms. The summed E-state index contributed by atoms with van der Waals surface area (Å²) in [5.74, 6) is 1.39. The second kappa shape index (κ2) is 11.2. The van der Waals surface area contributed by atoms with Crippen LogP contribution in [0.1, 0.15) is 22.5 Å². The zero-order valence-electron chi connectivity index (χ0n) is 20.8. The van der Waals surface area contributed by atoms with Gasteiger partial charge in [-0.15, -0.1) is 0 Å². The summed E-state index contributed by atoms with van der Waals surface area (Å²) in [7, 11) is 0. The normalized spacial score (nSPS) is 16.1. The number of hydrogen-bond acceptors (Lipinski definition) is 7. The number of halogens is 2. The average Bonchev–Trinajstić information content (AvgIpc) is 2.97. The van der Waals surface area contributed by atoms with Gasteiger partial charge in [0.2, 0.25) is 0 Å². The maximum Gasteiger partial charge on any atom is 0.188 e. The molecule has 40 heavy (non-hydrogen) atoms. The topological polar surface area (TPSA) is 89.7 Å². The van der Waals surface area contributed by atoms with Crippen LogP contribution < -0.4 is 4.74 Å². The molecule has 0 aliphatic carbocycles. The van der Waals surface area contributed by atoms with E-state index in [4.69, 9.17) is 32.7 Å². The lowest BCUT2D eigenvalue weighted by atomic mass is 9.93. The van der Waals surface area contributed by atoms with E-state index in [0.717, 1.165) is 16.5 Å². The first-order chi connectivity index (χ1) is 19.6. The van der Waals surface area contributed by atoms with E-state index >= 15 is 0 Å². The van der Waals surface area contributed by atoms with E-state index in [0.29, 0.717) is 56.4 Å². The van der Waals surface area contributed by atoms with Crippen molar-refractivity contribution in [2.45, 2.75) is 6.61 Å². The fraction of sp³-hybridized carbons (Fsp3) is 0.0323. The summed E-state index contributed by atoms with van der Waals surface area (Å²) < 4.78 is 12.1. The van der Waals surface area contributed by atoms with Crippen molar-refractivity contribution in [2.75, 3.05) is 0 Å². The Kier molecular flexibility index (Phi) is 7.14. The molecule has 0 saturated carbocycles. The molecule has 0 unspecified atom stereocenters. The summed E-state index contributed by atoms with van der Waals surface area (Å²) in [5.41, 5.74) is 4.48. The lowest BCUT2D eigenvalue weighted by Gasteiger charge is -2.27. The molecule has 2 aromatic heterocycles. The van der Waals surface area contributed by atoms with Gasteiger partial charge in [-0.3, -0.25) is 4.98 Å². The Morgan fingerprint density at radius 2 is 1.75 bits per heavy atom. The molecule has 1 fully saturated rings. The maximum absolute atomic E-state index is 9.98. The Balaban J connectivity index is 1.42. The molecule has 5 aromatic rings. The monoisotopic (exact) mass is 566 g/mol. The summed E-state index contributed by atoms with van der Waals surface area (Å²) in [6, 6.07) is 25.9. The van der Waals surface area contributed by atoms with Gasteiger partial charge in [0.15, 0.2) is 17.2 Å². The van der Waals surface area contributed by atoms with Gasteiger partial charge in [-0.05, 0) is 54.1 Å². The molecule has 196 valence electrons. The van der Waals surface area contributed by atoms with Crippen molar-refractivity contribution >= 4 is 51.5 Å². The fourth-order valence-corrected chi connectivity index (χ4v) is 4.69. The van der Waals surface area contributed by atoms with Crippen molar-refractivity contribution in [3.8, 4) is 5.75 Å².